The van der Waals surface area contributed by atoms with E-state index in [0.29, 0.717) is 0 Å². The van der Waals surface area contributed by atoms with Gasteiger partial charge < -0.3 is 5.11 Å². The van der Waals surface area contributed by atoms with Gasteiger partial charge in [0.2, 0.25) is 0 Å². The lowest BCUT2D eigenvalue weighted by Gasteiger charge is -2.35. The van der Waals surface area contributed by atoms with Gasteiger partial charge in [-0.25, -0.2) is 0 Å². The Balaban J connectivity index is 2.58. The van der Waals surface area contributed by atoms with Crippen LogP contribution in [0, 0.1) is 11.3 Å². The van der Waals surface area contributed by atoms with Crippen molar-refractivity contribution in [2.75, 3.05) is 0 Å². The van der Waals surface area contributed by atoms with Gasteiger partial charge >= 0.3 is 0 Å². The van der Waals surface area contributed by atoms with Crippen molar-refractivity contribution in [2.45, 2.75) is 107 Å². The molecule has 1 heteroatoms. The molecule has 0 aromatic carbocycles. The fourth-order valence-corrected chi connectivity index (χ4v) is 4.97. The van der Waals surface area contributed by atoms with Crippen molar-refractivity contribution in [3.05, 3.63) is 130 Å². The molecule has 1 aliphatic carbocycles. The summed E-state index contributed by atoms with van der Waals surface area (Å²) in [5.74, 6) is 0.789. The average Bonchev–Trinajstić information content (AvgIpc) is 2.85. The second-order valence-electron chi connectivity index (χ2n) is 12.9. The van der Waals surface area contributed by atoms with Crippen molar-refractivity contribution in [1.29, 1.82) is 0 Å². The summed E-state index contributed by atoms with van der Waals surface area (Å²) < 4.78 is 0. The van der Waals surface area contributed by atoms with Gasteiger partial charge in [0.15, 0.2) is 0 Å². The first-order valence-electron chi connectivity index (χ1n) is 15.4. The summed E-state index contributed by atoms with van der Waals surface area (Å²) in [7, 11) is 0. The molecular formula is C40H58O. The number of hydrogen-bond acceptors (Lipinski definition) is 1. The van der Waals surface area contributed by atoms with E-state index >= 15 is 0 Å². The molecule has 224 valence electrons. The van der Waals surface area contributed by atoms with E-state index in [2.05, 4.69) is 160 Å². The smallest absolute Gasteiger partial charge is 0.0585 e. The second-order valence-corrected chi connectivity index (χ2v) is 12.9. The molecule has 0 spiro atoms. The number of aliphatic hydroxyl groups is 1. The highest BCUT2D eigenvalue weighted by Crippen LogP contribution is 2.41. The van der Waals surface area contributed by atoms with Gasteiger partial charge in [-0.05, 0) is 84.1 Å². The summed E-state index contributed by atoms with van der Waals surface area (Å²) in [6.07, 6.45) is 37.3. The van der Waals surface area contributed by atoms with Crippen LogP contribution in [0.25, 0.3) is 0 Å². The second kappa shape index (κ2) is 19.3. The number of rotatable bonds is 14. The summed E-state index contributed by atoms with van der Waals surface area (Å²) in [4.78, 5) is 0. The van der Waals surface area contributed by atoms with Crippen LogP contribution in [0.5, 0.6) is 0 Å². The largest absolute Gasteiger partial charge is 0.393 e. The minimum absolute atomic E-state index is 0.0127. The van der Waals surface area contributed by atoms with Gasteiger partial charge in [0, 0.05) is 0 Å². The molecule has 0 heterocycles. The fourth-order valence-electron chi connectivity index (χ4n) is 4.97. The van der Waals surface area contributed by atoms with E-state index in [1.807, 2.05) is 0 Å². The molecule has 0 radical (unpaired) electrons. The maximum absolute atomic E-state index is 10.1. The molecule has 1 rings (SSSR count). The van der Waals surface area contributed by atoms with Crippen LogP contribution >= 0.6 is 0 Å². The van der Waals surface area contributed by atoms with Gasteiger partial charge in [-0.1, -0.05) is 159 Å². The van der Waals surface area contributed by atoms with Crippen LogP contribution in [0.3, 0.4) is 0 Å². The molecule has 0 fully saturated rings. The quantitative estimate of drug-likeness (QED) is 0.212. The number of allylic oxidation sites excluding steroid dienone is 21. The maximum atomic E-state index is 10.1. The van der Waals surface area contributed by atoms with Crippen molar-refractivity contribution >= 4 is 0 Å². The Morgan fingerprint density at radius 2 is 1.22 bits per heavy atom. The molecule has 0 aromatic heterocycles. The molecule has 0 aliphatic heterocycles. The predicted molar refractivity (Wildman–Crippen MR) is 185 cm³/mol. The Labute approximate surface area is 253 Å². The SMILES string of the molecule is CC(C=CC=C(C)C=CC=C(C)CCCC(C)C)=CC=CC=C(C)C=CC=C(C)C=CC1=C(C)CC(O)CC1(C)C. The molecule has 0 saturated carbocycles. The van der Waals surface area contributed by atoms with E-state index in [-0.39, 0.29) is 11.5 Å². The van der Waals surface area contributed by atoms with Crippen LogP contribution in [-0.4, -0.2) is 11.2 Å². The van der Waals surface area contributed by atoms with Crippen LogP contribution in [0.15, 0.2) is 130 Å². The zero-order valence-corrected chi connectivity index (χ0v) is 27.8. The van der Waals surface area contributed by atoms with Gasteiger partial charge in [0.1, 0.15) is 0 Å². The maximum Gasteiger partial charge on any atom is 0.0585 e. The van der Waals surface area contributed by atoms with Crippen LogP contribution in [-0.2, 0) is 0 Å². The zero-order valence-electron chi connectivity index (χ0n) is 27.8. The normalized spacial score (nSPS) is 20.5. The molecule has 1 N–H and O–H groups in total. The standard InChI is InChI=1S/C40H58O/c1-31(2)17-13-20-34(5)23-15-25-35(6)24-14-21-32(3)18-11-12-19-33(4)22-16-26-36(7)27-28-39-37(8)29-38(41)30-40(39,9)10/h11-12,14-16,18-19,21-28,31,38,41H,13,17,20,29-30H2,1-10H3. The minimum Gasteiger partial charge on any atom is -0.393 e. The highest BCUT2D eigenvalue weighted by Gasteiger charge is 2.31. The van der Waals surface area contributed by atoms with E-state index in [1.54, 1.807) is 0 Å². The monoisotopic (exact) mass is 554 g/mol. The number of aliphatic hydroxyl groups excluding tert-OH is 1. The Morgan fingerprint density at radius 1 is 0.756 bits per heavy atom. The topological polar surface area (TPSA) is 20.2 Å². The Morgan fingerprint density at radius 3 is 1.71 bits per heavy atom. The number of hydrogen-bond donors (Lipinski definition) is 1. The van der Waals surface area contributed by atoms with E-state index < -0.39 is 0 Å². The van der Waals surface area contributed by atoms with Gasteiger partial charge in [-0.15, -0.1) is 0 Å². The Bertz CT molecular complexity index is 1160. The molecule has 1 unspecified atom stereocenters. The highest BCUT2D eigenvalue weighted by atomic mass is 16.3. The molecule has 0 aromatic rings. The summed E-state index contributed by atoms with van der Waals surface area (Å²) in [5.41, 5.74) is 8.97. The summed E-state index contributed by atoms with van der Waals surface area (Å²) >= 11 is 0. The molecule has 0 amide bonds. The summed E-state index contributed by atoms with van der Waals surface area (Å²) in [6.45, 7) is 21.9. The van der Waals surface area contributed by atoms with Gasteiger partial charge in [0.05, 0.1) is 6.10 Å². The molecular weight excluding hydrogens is 496 g/mol. The molecule has 1 nitrogen and oxygen atoms in total. The van der Waals surface area contributed by atoms with Crippen molar-refractivity contribution < 1.29 is 5.11 Å². The van der Waals surface area contributed by atoms with Crippen molar-refractivity contribution in [2.24, 2.45) is 11.3 Å². The molecule has 1 aliphatic rings. The molecule has 0 saturated heterocycles. The lowest BCUT2D eigenvalue weighted by atomic mass is 9.71. The van der Waals surface area contributed by atoms with Crippen LogP contribution in [0.4, 0.5) is 0 Å². The fraction of sp³-hybridized carbons (Fsp3) is 0.450. The van der Waals surface area contributed by atoms with Crippen LogP contribution in [0.1, 0.15) is 101 Å². The summed E-state index contributed by atoms with van der Waals surface area (Å²) in [5, 5.41) is 10.1. The Kier molecular flexibility index (Phi) is 17.0. The predicted octanol–water partition coefficient (Wildman–Crippen LogP) is 11.8. The van der Waals surface area contributed by atoms with Crippen LogP contribution < -0.4 is 0 Å². The van der Waals surface area contributed by atoms with E-state index in [0.717, 1.165) is 18.8 Å². The van der Waals surface area contributed by atoms with Gasteiger partial charge in [-0.3, -0.25) is 0 Å². The van der Waals surface area contributed by atoms with Gasteiger partial charge in [0.25, 0.3) is 0 Å². The van der Waals surface area contributed by atoms with Crippen molar-refractivity contribution in [1.82, 2.24) is 0 Å². The highest BCUT2D eigenvalue weighted by molar-refractivity contribution is 5.38. The summed E-state index contributed by atoms with van der Waals surface area (Å²) in [6, 6.07) is 0. The lowest BCUT2D eigenvalue weighted by Crippen LogP contribution is -2.28. The molecule has 1 atom stereocenters. The lowest BCUT2D eigenvalue weighted by molar-refractivity contribution is 0.116. The van der Waals surface area contributed by atoms with E-state index in [4.69, 9.17) is 0 Å². The molecule has 0 bridgehead atoms. The first-order valence-corrected chi connectivity index (χ1v) is 15.4. The van der Waals surface area contributed by atoms with E-state index in [9.17, 15) is 5.11 Å². The van der Waals surface area contributed by atoms with Crippen LogP contribution in [0.2, 0.25) is 0 Å². The van der Waals surface area contributed by atoms with Crippen molar-refractivity contribution in [3.8, 4) is 0 Å². The zero-order chi connectivity index (χ0) is 30.8. The van der Waals surface area contributed by atoms with E-state index in [1.165, 1.54) is 58.3 Å². The average molecular weight is 555 g/mol. The first kappa shape index (κ1) is 36.1. The van der Waals surface area contributed by atoms with Crippen molar-refractivity contribution in [3.63, 3.8) is 0 Å². The third-order valence-electron chi connectivity index (χ3n) is 7.35. The Hall–Kier alpha value is -2.90. The minimum atomic E-state index is -0.221. The van der Waals surface area contributed by atoms with Gasteiger partial charge in [-0.2, -0.15) is 0 Å². The third-order valence-corrected chi connectivity index (χ3v) is 7.35. The molecule has 41 heavy (non-hydrogen) atoms. The first-order chi connectivity index (χ1) is 19.3. The third kappa shape index (κ3) is 16.8.